The molecule has 0 aliphatic carbocycles. The Balaban J connectivity index is 2.49. The second-order valence-electron chi connectivity index (χ2n) is 4.31. The van der Waals surface area contributed by atoms with Crippen molar-refractivity contribution in [2.24, 2.45) is 0 Å². The van der Waals surface area contributed by atoms with Crippen molar-refractivity contribution in [1.29, 1.82) is 0 Å². The number of hydrogen-bond donors (Lipinski definition) is 0. The lowest BCUT2D eigenvalue weighted by Crippen LogP contribution is -2.27. The molecule has 3 nitrogen and oxygen atoms in total. The molecule has 0 aliphatic rings. The average Bonchev–Trinajstić information content (AvgIpc) is 2.47. The van der Waals surface area contributed by atoms with Crippen LogP contribution < -0.4 is 4.31 Å². The van der Waals surface area contributed by atoms with Gasteiger partial charge in [0.05, 0.1) is 10.6 Å². The topological polar surface area (TPSA) is 37.4 Å². The van der Waals surface area contributed by atoms with Gasteiger partial charge in [-0.1, -0.05) is 23.7 Å². The quantitative estimate of drug-likeness (QED) is 0.782. The van der Waals surface area contributed by atoms with Crippen LogP contribution in [0.4, 0.5) is 10.1 Å². The number of alkyl halides is 1. The summed E-state index contributed by atoms with van der Waals surface area (Å²) in [7, 11) is -2.59. The number of nitrogens with zero attached hydrogens (tertiary/aromatic N) is 1. The Morgan fingerprint density at radius 2 is 1.86 bits per heavy atom. The molecule has 0 saturated carbocycles. The van der Waals surface area contributed by atoms with Crippen molar-refractivity contribution in [3.8, 4) is 0 Å². The van der Waals surface area contributed by atoms with Crippen molar-refractivity contribution in [2.45, 2.75) is 10.8 Å². The lowest BCUT2D eigenvalue weighted by molar-refractivity contribution is 0.589. The summed E-state index contributed by atoms with van der Waals surface area (Å²) in [6.07, 6.45) is 0. The highest BCUT2D eigenvalue weighted by atomic mass is 35.5. The number of sulfonamides is 1. The summed E-state index contributed by atoms with van der Waals surface area (Å²) in [5.41, 5.74) is 0.473. The number of halogens is 3. The molecule has 0 fully saturated rings. The Labute approximate surface area is 133 Å². The predicted octanol–water partition coefficient (Wildman–Crippen LogP) is 4.04. The van der Waals surface area contributed by atoms with E-state index in [2.05, 4.69) is 0 Å². The van der Waals surface area contributed by atoms with Crippen LogP contribution in [0, 0.1) is 5.82 Å². The third-order valence-electron chi connectivity index (χ3n) is 3.01. The summed E-state index contributed by atoms with van der Waals surface area (Å²) in [5.74, 6) is -0.527. The van der Waals surface area contributed by atoms with Crippen molar-refractivity contribution in [1.82, 2.24) is 0 Å². The molecule has 0 heterocycles. The molecule has 0 saturated heterocycles. The summed E-state index contributed by atoms with van der Waals surface area (Å²) in [6.45, 7) is 0. The smallest absolute Gasteiger partial charge is 0.264 e. The van der Waals surface area contributed by atoms with Crippen molar-refractivity contribution in [3.05, 3.63) is 58.9 Å². The van der Waals surface area contributed by atoms with Gasteiger partial charge in [0.2, 0.25) is 0 Å². The van der Waals surface area contributed by atoms with E-state index in [9.17, 15) is 12.8 Å². The third kappa shape index (κ3) is 3.15. The molecule has 112 valence electrons. The fourth-order valence-electron chi connectivity index (χ4n) is 1.81. The van der Waals surface area contributed by atoms with Crippen LogP contribution in [-0.4, -0.2) is 15.5 Å². The lowest BCUT2D eigenvalue weighted by Gasteiger charge is -2.20. The van der Waals surface area contributed by atoms with Gasteiger partial charge >= 0.3 is 0 Å². The van der Waals surface area contributed by atoms with Gasteiger partial charge in [-0.25, -0.2) is 12.8 Å². The van der Waals surface area contributed by atoms with E-state index >= 15 is 0 Å². The van der Waals surface area contributed by atoms with Gasteiger partial charge in [0, 0.05) is 18.0 Å². The minimum Gasteiger partial charge on any atom is -0.266 e. The molecular weight excluding hydrogens is 336 g/mol. The first-order chi connectivity index (χ1) is 9.87. The molecule has 0 amide bonds. The molecule has 0 aliphatic heterocycles. The Hall–Kier alpha value is -1.30. The molecule has 0 N–H and O–H groups in total. The normalized spacial score (nSPS) is 11.4. The minimum atomic E-state index is -3.89. The standard InChI is InChI=1S/C14H12Cl2FNO2S/c1-18(14-5-3-2-4-13(14)17)21(19,20)11-6-7-12(16)10(8-11)9-15/h2-8H,9H2,1H3. The second kappa shape index (κ2) is 6.22. The molecule has 0 aromatic heterocycles. The van der Waals surface area contributed by atoms with Gasteiger partial charge in [0.15, 0.2) is 0 Å². The lowest BCUT2D eigenvalue weighted by atomic mass is 10.2. The van der Waals surface area contributed by atoms with E-state index in [0.717, 1.165) is 4.31 Å². The molecule has 2 rings (SSSR count). The number of benzene rings is 2. The van der Waals surface area contributed by atoms with Crippen molar-refractivity contribution in [2.75, 3.05) is 11.4 Å². The molecule has 7 heteroatoms. The summed E-state index contributed by atoms with van der Waals surface area (Å²) in [5, 5.41) is 0.387. The maximum atomic E-state index is 13.7. The van der Waals surface area contributed by atoms with E-state index in [4.69, 9.17) is 23.2 Å². The molecule has 2 aromatic rings. The zero-order chi connectivity index (χ0) is 15.6. The van der Waals surface area contributed by atoms with Crippen LogP contribution >= 0.6 is 23.2 Å². The second-order valence-corrected chi connectivity index (χ2v) is 6.95. The zero-order valence-electron chi connectivity index (χ0n) is 11.1. The Morgan fingerprint density at radius 1 is 1.19 bits per heavy atom. The van der Waals surface area contributed by atoms with Gasteiger partial charge in [-0.05, 0) is 35.9 Å². The molecular formula is C14H12Cl2FNO2S. The van der Waals surface area contributed by atoms with E-state index in [-0.39, 0.29) is 16.5 Å². The molecule has 2 aromatic carbocycles. The Morgan fingerprint density at radius 3 is 2.48 bits per heavy atom. The highest BCUT2D eigenvalue weighted by Crippen LogP contribution is 2.27. The monoisotopic (exact) mass is 347 g/mol. The van der Waals surface area contributed by atoms with Gasteiger partial charge < -0.3 is 0 Å². The summed E-state index contributed by atoms with van der Waals surface area (Å²) >= 11 is 11.6. The van der Waals surface area contributed by atoms with Gasteiger partial charge in [-0.3, -0.25) is 4.31 Å². The number of hydrogen-bond acceptors (Lipinski definition) is 2. The van der Waals surface area contributed by atoms with Crippen molar-refractivity contribution in [3.63, 3.8) is 0 Å². The van der Waals surface area contributed by atoms with Gasteiger partial charge in [0.25, 0.3) is 10.0 Å². The van der Waals surface area contributed by atoms with E-state index < -0.39 is 15.8 Å². The summed E-state index contributed by atoms with van der Waals surface area (Å²) in [6, 6.07) is 9.87. The van der Waals surface area contributed by atoms with E-state index in [1.807, 2.05) is 0 Å². The molecule has 0 radical (unpaired) electrons. The minimum absolute atomic E-state index is 0.00769. The van der Waals surface area contributed by atoms with Crippen LogP contribution in [0.15, 0.2) is 47.4 Å². The Kier molecular flexibility index (Phi) is 4.76. The Bertz CT molecular complexity index is 765. The number of anilines is 1. The fraction of sp³-hybridized carbons (Fsp3) is 0.143. The molecule has 21 heavy (non-hydrogen) atoms. The number of para-hydroxylation sites is 1. The highest BCUT2D eigenvalue weighted by molar-refractivity contribution is 7.92. The van der Waals surface area contributed by atoms with Gasteiger partial charge in [0.1, 0.15) is 5.82 Å². The predicted molar refractivity (Wildman–Crippen MR) is 83.0 cm³/mol. The molecule has 0 unspecified atom stereocenters. The van der Waals surface area contributed by atoms with Crippen LogP contribution in [0.2, 0.25) is 5.02 Å². The first-order valence-corrected chi connectivity index (χ1v) is 8.31. The van der Waals surface area contributed by atoms with Crippen LogP contribution in [0.25, 0.3) is 0 Å². The van der Waals surface area contributed by atoms with Crippen LogP contribution in [0.3, 0.4) is 0 Å². The molecule has 0 spiro atoms. The summed E-state index contributed by atoms with van der Waals surface area (Å²) < 4.78 is 39.7. The first kappa shape index (κ1) is 16.1. The maximum absolute atomic E-state index is 13.7. The average molecular weight is 348 g/mol. The van der Waals surface area contributed by atoms with Gasteiger partial charge in [-0.2, -0.15) is 0 Å². The molecule has 0 atom stereocenters. The largest absolute Gasteiger partial charge is 0.266 e. The fourth-order valence-corrected chi connectivity index (χ4v) is 3.54. The molecule has 0 bridgehead atoms. The van der Waals surface area contributed by atoms with E-state index in [1.54, 1.807) is 6.07 Å². The SMILES string of the molecule is CN(c1ccccc1F)S(=O)(=O)c1ccc(Cl)c(CCl)c1. The maximum Gasteiger partial charge on any atom is 0.264 e. The van der Waals surface area contributed by atoms with Crippen molar-refractivity contribution >= 4 is 38.9 Å². The van der Waals surface area contributed by atoms with E-state index in [0.29, 0.717) is 10.6 Å². The van der Waals surface area contributed by atoms with Crippen LogP contribution in [-0.2, 0) is 15.9 Å². The highest BCUT2D eigenvalue weighted by Gasteiger charge is 2.24. The number of rotatable bonds is 4. The first-order valence-electron chi connectivity index (χ1n) is 5.96. The van der Waals surface area contributed by atoms with Crippen LogP contribution in [0.1, 0.15) is 5.56 Å². The van der Waals surface area contributed by atoms with Gasteiger partial charge in [-0.15, -0.1) is 11.6 Å². The third-order valence-corrected chi connectivity index (χ3v) is 5.44. The van der Waals surface area contributed by atoms with E-state index in [1.165, 1.54) is 43.4 Å². The zero-order valence-corrected chi connectivity index (χ0v) is 13.4. The van der Waals surface area contributed by atoms with Crippen molar-refractivity contribution < 1.29 is 12.8 Å². The van der Waals surface area contributed by atoms with Crippen LogP contribution in [0.5, 0.6) is 0 Å². The summed E-state index contributed by atoms with van der Waals surface area (Å²) in [4.78, 5) is 0.00769.